The van der Waals surface area contributed by atoms with Crippen molar-refractivity contribution in [3.05, 3.63) is 81.4 Å². The first-order chi connectivity index (χ1) is 13.6. The minimum Gasteiger partial charge on any atom is -0.307 e. The van der Waals surface area contributed by atoms with Gasteiger partial charge in [-0.15, -0.1) is 0 Å². The SMILES string of the molecule is CCn1c(=O)[nH]c2cc(C(=O)Nc3ccn(-c4ccncc4)n3)ccc2c1=O. The van der Waals surface area contributed by atoms with Gasteiger partial charge in [0.05, 0.1) is 16.6 Å². The van der Waals surface area contributed by atoms with Crippen LogP contribution in [0, 0.1) is 0 Å². The molecule has 4 rings (SSSR count). The number of carbonyl (C=O) groups excluding carboxylic acids is 1. The quantitative estimate of drug-likeness (QED) is 0.561. The molecule has 4 aromatic rings. The van der Waals surface area contributed by atoms with Gasteiger partial charge in [0.2, 0.25) is 0 Å². The second kappa shape index (κ2) is 6.95. The normalized spacial score (nSPS) is 10.9. The number of fused-ring (bicyclic) bond motifs is 1. The van der Waals surface area contributed by atoms with Crippen LogP contribution >= 0.6 is 0 Å². The molecule has 0 unspecified atom stereocenters. The summed E-state index contributed by atoms with van der Waals surface area (Å²) in [6.07, 6.45) is 5.02. The van der Waals surface area contributed by atoms with Gasteiger partial charge in [0.15, 0.2) is 5.82 Å². The second-order valence-corrected chi connectivity index (χ2v) is 6.05. The number of H-pyrrole nitrogens is 1. The predicted molar refractivity (Wildman–Crippen MR) is 104 cm³/mol. The standard InChI is InChI=1S/C19H16N6O3/c1-2-24-18(27)14-4-3-12(11-15(14)21-19(24)28)17(26)22-16-7-10-25(23-16)13-5-8-20-9-6-13/h3-11H,2H2,1H3,(H,21,28)(H,22,23,26). The number of nitrogens with zero attached hydrogens (tertiary/aromatic N) is 4. The Balaban J connectivity index is 1.62. The number of aromatic amines is 1. The molecule has 0 atom stereocenters. The van der Waals surface area contributed by atoms with Crippen LogP contribution in [0.25, 0.3) is 16.6 Å². The van der Waals surface area contributed by atoms with Gasteiger partial charge in [-0.05, 0) is 37.3 Å². The number of hydrogen-bond acceptors (Lipinski definition) is 5. The van der Waals surface area contributed by atoms with E-state index in [0.717, 1.165) is 10.3 Å². The second-order valence-electron chi connectivity index (χ2n) is 6.05. The van der Waals surface area contributed by atoms with Crippen LogP contribution in [0.1, 0.15) is 17.3 Å². The molecule has 9 heteroatoms. The number of pyridine rings is 1. The number of anilines is 1. The molecule has 3 heterocycles. The van der Waals surface area contributed by atoms with Gasteiger partial charge in [-0.3, -0.25) is 19.1 Å². The number of carbonyl (C=O) groups is 1. The van der Waals surface area contributed by atoms with E-state index >= 15 is 0 Å². The first kappa shape index (κ1) is 17.4. The van der Waals surface area contributed by atoms with Crippen LogP contribution in [0.4, 0.5) is 5.82 Å². The van der Waals surface area contributed by atoms with Gasteiger partial charge in [0.1, 0.15) is 0 Å². The van der Waals surface area contributed by atoms with E-state index < -0.39 is 11.6 Å². The fourth-order valence-electron chi connectivity index (χ4n) is 2.90. The molecule has 0 spiro atoms. The minimum absolute atomic E-state index is 0.270. The molecule has 0 saturated carbocycles. The third-order valence-electron chi connectivity index (χ3n) is 4.32. The highest BCUT2D eigenvalue weighted by Gasteiger charge is 2.12. The molecule has 0 aliphatic heterocycles. The molecular formula is C19H16N6O3. The highest BCUT2D eigenvalue weighted by Crippen LogP contribution is 2.13. The van der Waals surface area contributed by atoms with E-state index in [9.17, 15) is 14.4 Å². The fraction of sp³-hybridized carbons (Fsp3) is 0.105. The average molecular weight is 376 g/mol. The molecule has 3 aromatic heterocycles. The van der Waals surface area contributed by atoms with E-state index in [4.69, 9.17) is 0 Å². The monoisotopic (exact) mass is 376 g/mol. The zero-order valence-electron chi connectivity index (χ0n) is 14.9. The van der Waals surface area contributed by atoms with Crippen molar-refractivity contribution in [3.63, 3.8) is 0 Å². The molecule has 0 saturated heterocycles. The Morgan fingerprint density at radius 3 is 2.68 bits per heavy atom. The molecule has 1 amide bonds. The molecule has 2 N–H and O–H groups in total. The number of rotatable bonds is 4. The summed E-state index contributed by atoms with van der Waals surface area (Å²) in [7, 11) is 0. The number of aromatic nitrogens is 5. The van der Waals surface area contributed by atoms with Crippen molar-refractivity contribution in [2.45, 2.75) is 13.5 Å². The summed E-state index contributed by atoms with van der Waals surface area (Å²) in [6.45, 7) is 1.99. The van der Waals surface area contributed by atoms with E-state index in [0.29, 0.717) is 22.3 Å². The molecule has 1 aromatic carbocycles. The van der Waals surface area contributed by atoms with E-state index in [-0.39, 0.29) is 12.1 Å². The highest BCUT2D eigenvalue weighted by molar-refractivity contribution is 6.05. The van der Waals surface area contributed by atoms with Crippen molar-refractivity contribution < 1.29 is 4.79 Å². The van der Waals surface area contributed by atoms with Crippen molar-refractivity contribution in [3.8, 4) is 5.69 Å². The van der Waals surface area contributed by atoms with Gasteiger partial charge in [-0.2, -0.15) is 5.10 Å². The number of amides is 1. The van der Waals surface area contributed by atoms with Crippen LogP contribution < -0.4 is 16.6 Å². The van der Waals surface area contributed by atoms with Gasteiger partial charge < -0.3 is 10.3 Å². The van der Waals surface area contributed by atoms with Crippen molar-refractivity contribution in [2.24, 2.45) is 0 Å². The summed E-state index contributed by atoms with van der Waals surface area (Å²) in [5.41, 5.74) is 0.536. The Labute approximate surface area is 158 Å². The Morgan fingerprint density at radius 1 is 1.14 bits per heavy atom. The van der Waals surface area contributed by atoms with Gasteiger partial charge in [0.25, 0.3) is 11.5 Å². The lowest BCUT2D eigenvalue weighted by atomic mass is 10.1. The summed E-state index contributed by atoms with van der Waals surface area (Å²) < 4.78 is 2.72. The minimum atomic E-state index is -0.506. The van der Waals surface area contributed by atoms with E-state index in [2.05, 4.69) is 20.4 Å². The van der Waals surface area contributed by atoms with Gasteiger partial charge >= 0.3 is 5.69 Å². The molecule has 9 nitrogen and oxygen atoms in total. The number of nitrogens with one attached hydrogen (secondary N) is 2. The van der Waals surface area contributed by atoms with Crippen molar-refractivity contribution in [2.75, 3.05) is 5.32 Å². The van der Waals surface area contributed by atoms with Crippen molar-refractivity contribution >= 4 is 22.6 Å². The Bertz CT molecular complexity index is 1290. The van der Waals surface area contributed by atoms with Gasteiger partial charge in [0, 0.05) is 36.8 Å². The summed E-state index contributed by atoms with van der Waals surface area (Å²) in [5.74, 6) is -0.0285. The van der Waals surface area contributed by atoms with Gasteiger partial charge in [-0.25, -0.2) is 9.48 Å². The maximum Gasteiger partial charge on any atom is 0.328 e. The first-order valence-corrected chi connectivity index (χ1v) is 8.61. The molecule has 0 aliphatic carbocycles. The van der Waals surface area contributed by atoms with Crippen LogP contribution in [0.5, 0.6) is 0 Å². The smallest absolute Gasteiger partial charge is 0.307 e. The first-order valence-electron chi connectivity index (χ1n) is 8.61. The highest BCUT2D eigenvalue weighted by atomic mass is 16.2. The lowest BCUT2D eigenvalue weighted by Crippen LogP contribution is -2.34. The lowest BCUT2D eigenvalue weighted by Gasteiger charge is -2.06. The Kier molecular flexibility index (Phi) is 4.32. The molecule has 28 heavy (non-hydrogen) atoms. The largest absolute Gasteiger partial charge is 0.328 e. The Hall–Kier alpha value is -4.01. The van der Waals surface area contributed by atoms with E-state index in [1.165, 1.54) is 18.2 Å². The molecule has 0 radical (unpaired) electrons. The summed E-state index contributed by atoms with van der Waals surface area (Å²) in [5, 5.41) is 7.36. The Morgan fingerprint density at radius 2 is 1.93 bits per heavy atom. The number of hydrogen-bond donors (Lipinski definition) is 2. The summed E-state index contributed by atoms with van der Waals surface area (Å²) in [4.78, 5) is 43.4. The average Bonchev–Trinajstić information content (AvgIpc) is 3.17. The zero-order valence-corrected chi connectivity index (χ0v) is 14.9. The molecular weight excluding hydrogens is 360 g/mol. The van der Waals surface area contributed by atoms with Crippen LogP contribution in [0.3, 0.4) is 0 Å². The predicted octanol–water partition coefficient (Wildman–Crippen LogP) is 1.54. The molecule has 0 fully saturated rings. The van der Waals surface area contributed by atoms with E-state index in [1.54, 1.807) is 48.4 Å². The van der Waals surface area contributed by atoms with E-state index in [1.807, 2.05) is 0 Å². The third-order valence-corrected chi connectivity index (χ3v) is 4.32. The van der Waals surface area contributed by atoms with Crippen LogP contribution in [-0.2, 0) is 6.54 Å². The number of benzene rings is 1. The molecule has 0 aliphatic rings. The van der Waals surface area contributed by atoms with Crippen LogP contribution in [0.15, 0.2) is 64.6 Å². The molecule has 140 valence electrons. The zero-order chi connectivity index (χ0) is 19.7. The van der Waals surface area contributed by atoms with Gasteiger partial charge in [-0.1, -0.05) is 0 Å². The van der Waals surface area contributed by atoms with Crippen LogP contribution in [0.2, 0.25) is 0 Å². The third kappa shape index (κ3) is 3.09. The lowest BCUT2D eigenvalue weighted by molar-refractivity contribution is 0.102. The topological polar surface area (TPSA) is 115 Å². The molecule has 0 bridgehead atoms. The van der Waals surface area contributed by atoms with Crippen LogP contribution in [-0.4, -0.2) is 30.2 Å². The maximum absolute atomic E-state index is 12.6. The fourth-order valence-corrected chi connectivity index (χ4v) is 2.90. The van der Waals surface area contributed by atoms with Crippen molar-refractivity contribution in [1.82, 2.24) is 24.3 Å². The van der Waals surface area contributed by atoms with Crippen molar-refractivity contribution in [1.29, 1.82) is 0 Å². The summed E-state index contributed by atoms with van der Waals surface area (Å²) >= 11 is 0. The maximum atomic E-state index is 12.6. The summed E-state index contributed by atoms with van der Waals surface area (Å²) in [6, 6.07) is 9.80.